The van der Waals surface area contributed by atoms with Crippen molar-refractivity contribution in [1.82, 2.24) is 15.5 Å². The molecule has 0 aromatic heterocycles. The zero-order valence-corrected chi connectivity index (χ0v) is 10.6. The lowest BCUT2D eigenvalue weighted by Crippen LogP contribution is -2.54. The SMILES string of the molecule is CCN(C(=O)NC(CO)C(=O)O)C1CCNCC1. The van der Waals surface area contributed by atoms with Gasteiger partial charge >= 0.3 is 12.0 Å². The maximum Gasteiger partial charge on any atom is 0.328 e. The van der Waals surface area contributed by atoms with Crippen LogP contribution in [0.15, 0.2) is 0 Å². The van der Waals surface area contributed by atoms with Crippen molar-refractivity contribution >= 4 is 12.0 Å². The molecule has 1 saturated heterocycles. The van der Waals surface area contributed by atoms with Gasteiger partial charge in [-0.2, -0.15) is 0 Å². The number of nitrogens with one attached hydrogen (secondary N) is 2. The molecule has 18 heavy (non-hydrogen) atoms. The number of carboxylic acids is 1. The summed E-state index contributed by atoms with van der Waals surface area (Å²) in [6.45, 7) is 3.49. The largest absolute Gasteiger partial charge is 0.480 e. The number of hydrogen-bond donors (Lipinski definition) is 4. The van der Waals surface area contributed by atoms with E-state index in [1.165, 1.54) is 0 Å². The van der Waals surface area contributed by atoms with Crippen molar-refractivity contribution in [2.75, 3.05) is 26.2 Å². The van der Waals surface area contributed by atoms with Gasteiger partial charge in [0.1, 0.15) is 0 Å². The van der Waals surface area contributed by atoms with Crippen LogP contribution in [-0.4, -0.2) is 65.4 Å². The van der Waals surface area contributed by atoms with Crippen molar-refractivity contribution in [3.63, 3.8) is 0 Å². The number of aliphatic hydroxyl groups is 1. The fourth-order valence-electron chi connectivity index (χ4n) is 2.10. The molecule has 2 amide bonds. The molecular weight excluding hydrogens is 238 g/mol. The average Bonchev–Trinajstić information content (AvgIpc) is 2.37. The summed E-state index contributed by atoms with van der Waals surface area (Å²) in [4.78, 5) is 24.3. The highest BCUT2D eigenvalue weighted by molar-refractivity contribution is 5.82. The third kappa shape index (κ3) is 3.85. The molecular formula is C11H21N3O4. The minimum atomic E-state index is -1.24. The Hall–Kier alpha value is -1.34. The average molecular weight is 259 g/mol. The molecule has 1 fully saturated rings. The maximum atomic E-state index is 12.0. The minimum Gasteiger partial charge on any atom is -0.480 e. The van der Waals surface area contributed by atoms with Crippen molar-refractivity contribution in [3.8, 4) is 0 Å². The van der Waals surface area contributed by atoms with Crippen LogP contribution in [0.2, 0.25) is 0 Å². The van der Waals surface area contributed by atoms with Crippen LogP contribution in [0.25, 0.3) is 0 Å². The highest BCUT2D eigenvalue weighted by Gasteiger charge is 2.27. The maximum absolute atomic E-state index is 12.0. The van der Waals surface area contributed by atoms with Gasteiger partial charge in [-0.25, -0.2) is 9.59 Å². The van der Waals surface area contributed by atoms with Crippen molar-refractivity contribution in [2.45, 2.75) is 31.8 Å². The molecule has 0 saturated carbocycles. The van der Waals surface area contributed by atoms with Gasteiger partial charge < -0.3 is 25.7 Å². The predicted octanol–water partition coefficient (Wildman–Crippen LogP) is -0.785. The Labute approximate surface area is 106 Å². The minimum absolute atomic E-state index is 0.129. The van der Waals surface area contributed by atoms with Crippen molar-refractivity contribution in [2.24, 2.45) is 0 Å². The number of hydrogen-bond acceptors (Lipinski definition) is 4. The molecule has 0 spiro atoms. The first kappa shape index (κ1) is 14.7. The van der Waals surface area contributed by atoms with Gasteiger partial charge in [0.2, 0.25) is 0 Å². The van der Waals surface area contributed by atoms with Gasteiger partial charge in [0.05, 0.1) is 6.61 Å². The first-order valence-electron chi connectivity index (χ1n) is 6.21. The van der Waals surface area contributed by atoms with Gasteiger partial charge in [-0.3, -0.25) is 0 Å². The molecule has 1 aliphatic heterocycles. The molecule has 1 atom stereocenters. The van der Waals surface area contributed by atoms with Crippen molar-refractivity contribution in [1.29, 1.82) is 0 Å². The van der Waals surface area contributed by atoms with Crippen LogP contribution in [0.5, 0.6) is 0 Å². The third-order valence-electron chi connectivity index (χ3n) is 3.13. The summed E-state index contributed by atoms with van der Waals surface area (Å²) in [7, 11) is 0. The highest BCUT2D eigenvalue weighted by atomic mass is 16.4. The number of carboxylic acid groups (broad SMARTS) is 1. The van der Waals surface area contributed by atoms with Gasteiger partial charge in [-0.05, 0) is 32.9 Å². The predicted molar refractivity (Wildman–Crippen MR) is 65.3 cm³/mol. The number of amides is 2. The van der Waals surface area contributed by atoms with E-state index in [0.717, 1.165) is 25.9 Å². The number of carbonyl (C=O) groups is 2. The third-order valence-corrected chi connectivity index (χ3v) is 3.13. The Morgan fingerprint density at radius 3 is 2.50 bits per heavy atom. The van der Waals surface area contributed by atoms with Crippen LogP contribution in [0.1, 0.15) is 19.8 Å². The normalized spacial score (nSPS) is 18.1. The van der Waals surface area contributed by atoms with Crippen LogP contribution < -0.4 is 10.6 Å². The second kappa shape index (κ2) is 7.17. The van der Waals surface area contributed by atoms with Crippen LogP contribution in [0, 0.1) is 0 Å². The summed E-state index contributed by atoms with van der Waals surface area (Å²) >= 11 is 0. The van der Waals surface area contributed by atoms with E-state index in [0.29, 0.717) is 6.54 Å². The zero-order valence-electron chi connectivity index (χ0n) is 10.6. The van der Waals surface area contributed by atoms with Gasteiger partial charge in [-0.1, -0.05) is 0 Å². The lowest BCUT2D eigenvalue weighted by Gasteiger charge is -2.34. The zero-order chi connectivity index (χ0) is 13.5. The molecule has 1 unspecified atom stereocenters. The van der Waals surface area contributed by atoms with Crippen LogP contribution in [0.4, 0.5) is 4.79 Å². The molecule has 4 N–H and O–H groups in total. The fourth-order valence-corrected chi connectivity index (χ4v) is 2.10. The number of aliphatic hydroxyl groups excluding tert-OH is 1. The summed E-state index contributed by atoms with van der Waals surface area (Å²) < 4.78 is 0. The molecule has 0 bridgehead atoms. The first-order chi connectivity index (χ1) is 8.60. The molecule has 1 aliphatic rings. The van der Waals surface area contributed by atoms with E-state index in [4.69, 9.17) is 10.2 Å². The molecule has 0 aliphatic carbocycles. The van der Waals surface area contributed by atoms with Crippen molar-refractivity contribution in [3.05, 3.63) is 0 Å². The Balaban J connectivity index is 2.57. The number of rotatable bonds is 5. The topological polar surface area (TPSA) is 102 Å². The van der Waals surface area contributed by atoms with E-state index in [9.17, 15) is 9.59 Å². The van der Waals surface area contributed by atoms with E-state index in [1.54, 1.807) is 4.90 Å². The number of nitrogens with zero attached hydrogens (tertiary/aromatic N) is 1. The fraction of sp³-hybridized carbons (Fsp3) is 0.818. The number of urea groups is 1. The Morgan fingerprint density at radius 2 is 2.06 bits per heavy atom. The van der Waals surface area contributed by atoms with E-state index in [2.05, 4.69) is 10.6 Å². The second-order valence-electron chi connectivity index (χ2n) is 4.29. The summed E-state index contributed by atoms with van der Waals surface area (Å²) in [5.74, 6) is -1.23. The smallest absolute Gasteiger partial charge is 0.328 e. The summed E-state index contributed by atoms with van der Waals surface area (Å²) in [6.07, 6.45) is 1.72. The van der Waals surface area contributed by atoms with Gasteiger partial charge in [0.15, 0.2) is 6.04 Å². The molecule has 7 nitrogen and oxygen atoms in total. The van der Waals surface area contributed by atoms with Gasteiger partial charge in [-0.15, -0.1) is 0 Å². The van der Waals surface area contributed by atoms with Gasteiger partial charge in [0.25, 0.3) is 0 Å². The molecule has 104 valence electrons. The molecule has 0 aromatic rings. The lowest BCUT2D eigenvalue weighted by atomic mass is 10.1. The summed E-state index contributed by atoms with van der Waals surface area (Å²) in [5.41, 5.74) is 0. The van der Waals surface area contributed by atoms with Crippen LogP contribution in [0.3, 0.4) is 0 Å². The summed E-state index contributed by atoms with van der Waals surface area (Å²) in [6, 6.07) is -1.54. The molecule has 0 radical (unpaired) electrons. The van der Waals surface area contributed by atoms with E-state index in [1.807, 2.05) is 6.92 Å². The summed E-state index contributed by atoms with van der Waals surface area (Å²) in [5, 5.41) is 23.2. The van der Waals surface area contributed by atoms with Gasteiger partial charge in [0, 0.05) is 12.6 Å². The molecule has 1 heterocycles. The second-order valence-corrected chi connectivity index (χ2v) is 4.29. The Morgan fingerprint density at radius 1 is 1.44 bits per heavy atom. The van der Waals surface area contributed by atoms with Crippen LogP contribution >= 0.6 is 0 Å². The van der Waals surface area contributed by atoms with Crippen molar-refractivity contribution < 1.29 is 19.8 Å². The van der Waals surface area contributed by atoms with E-state index >= 15 is 0 Å². The monoisotopic (exact) mass is 259 g/mol. The Bertz CT molecular complexity index is 292. The lowest BCUT2D eigenvalue weighted by molar-refractivity contribution is -0.140. The quantitative estimate of drug-likeness (QED) is 0.518. The number of carbonyl (C=O) groups excluding carboxylic acids is 1. The molecule has 0 aromatic carbocycles. The molecule has 1 rings (SSSR count). The van der Waals surface area contributed by atoms with E-state index in [-0.39, 0.29) is 6.04 Å². The Kier molecular flexibility index (Phi) is 5.87. The molecule has 7 heteroatoms. The first-order valence-corrected chi connectivity index (χ1v) is 6.21. The van der Waals surface area contributed by atoms with Crippen LogP contribution in [-0.2, 0) is 4.79 Å². The van der Waals surface area contributed by atoms with E-state index < -0.39 is 24.6 Å². The standard InChI is InChI=1S/C11H21N3O4/c1-2-14(8-3-5-12-6-4-8)11(18)13-9(7-15)10(16)17/h8-9,12,15H,2-7H2,1H3,(H,13,18)(H,16,17). The number of aliphatic carboxylic acids is 1. The highest BCUT2D eigenvalue weighted by Crippen LogP contribution is 2.11. The number of piperidine rings is 1.